The highest BCUT2D eigenvalue weighted by Gasteiger charge is 2.35. The average Bonchev–Trinajstić information content (AvgIpc) is 2.62. The van der Waals surface area contributed by atoms with E-state index in [0.717, 1.165) is 11.1 Å². The van der Waals surface area contributed by atoms with E-state index >= 15 is 0 Å². The van der Waals surface area contributed by atoms with E-state index in [2.05, 4.69) is 0 Å². The van der Waals surface area contributed by atoms with Crippen LogP contribution in [-0.2, 0) is 5.41 Å². The van der Waals surface area contributed by atoms with E-state index in [-0.39, 0.29) is 17.2 Å². The number of benzene rings is 3. The van der Waals surface area contributed by atoms with Crippen molar-refractivity contribution in [2.75, 3.05) is 0 Å². The number of phenolic OH excluding ortho intramolecular Hbond substituents is 4. The SMILES string of the molecule is Cc1cc(C(C)(c2ccccc2)c2ccc(O)c(O)c2O)ccc1O. The second-order valence-corrected chi connectivity index (χ2v) is 6.32. The van der Waals surface area contributed by atoms with Crippen molar-refractivity contribution in [1.82, 2.24) is 0 Å². The first-order valence-corrected chi connectivity index (χ1v) is 7.95. The van der Waals surface area contributed by atoms with E-state index in [4.69, 9.17) is 0 Å². The van der Waals surface area contributed by atoms with Crippen LogP contribution in [0.3, 0.4) is 0 Å². The fourth-order valence-corrected chi connectivity index (χ4v) is 3.19. The maximum absolute atomic E-state index is 10.5. The van der Waals surface area contributed by atoms with Crippen LogP contribution >= 0.6 is 0 Å². The summed E-state index contributed by atoms with van der Waals surface area (Å²) in [6, 6.07) is 17.8. The number of aromatic hydroxyl groups is 4. The molecule has 3 aromatic carbocycles. The van der Waals surface area contributed by atoms with Gasteiger partial charge in [0.05, 0.1) is 0 Å². The zero-order chi connectivity index (χ0) is 18.2. The summed E-state index contributed by atoms with van der Waals surface area (Å²) in [4.78, 5) is 0. The second-order valence-electron chi connectivity index (χ2n) is 6.32. The molecule has 0 amide bonds. The van der Waals surface area contributed by atoms with Crippen LogP contribution in [0.15, 0.2) is 60.7 Å². The minimum atomic E-state index is -0.797. The molecular formula is C21H20O4. The minimum Gasteiger partial charge on any atom is -0.508 e. The first kappa shape index (κ1) is 16.7. The third kappa shape index (κ3) is 2.66. The molecule has 0 aliphatic heterocycles. The van der Waals surface area contributed by atoms with Crippen molar-refractivity contribution in [3.05, 3.63) is 82.9 Å². The third-order valence-electron chi connectivity index (χ3n) is 4.79. The van der Waals surface area contributed by atoms with Gasteiger partial charge in [-0.1, -0.05) is 48.5 Å². The molecule has 4 heteroatoms. The van der Waals surface area contributed by atoms with Crippen LogP contribution in [0.2, 0.25) is 0 Å². The van der Waals surface area contributed by atoms with Crippen molar-refractivity contribution < 1.29 is 20.4 Å². The minimum absolute atomic E-state index is 0.192. The predicted octanol–water partition coefficient (Wildman–Crippen LogP) is 4.17. The fourth-order valence-electron chi connectivity index (χ4n) is 3.19. The molecule has 3 rings (SSSR count). The highest BCUT2D eigenvalue weighted by atomic mass is 16.3. The molecule has 25 heavy (non-hydrogen) atoms. The summed E-state index contributed by atoms with van der Waals surface area (Å²) < 4.78 is 0. The lowest BCUT2D eigenvalue weighted by Gasteiger charge is -2.33. The molecule has 1 atom stereocenters. The Hall–Kier alpha value is -3.14. The lowest BCUT2D eigenvalue weighted by Crippen LogP contribution is -2.25. The molecule has 0 aliphatic rings. The maximum atomic E-state index is 10.5. The molecule has 3 aromatic rings. The molecular weight excluding hydrogens is 316 g/mol. The molecule has 0 heterocycles. The van der Waals surface area contributed by atoms with Gasteiger partial charge in [-0.3, -0.25) is 0 Å². The maximum Gasteiger partial charge on any atom is 0.200 e. The molecule has 0 saturated carbocycles. The zero-order valence-electron chi connectivity index (χ0n) is 14.1. The number of hydrogen-bond donors (Lipinski definition) is 4. The molecule has 0 radical (unpaired) electrons. The molecule has 4 nitrogen and oxygen atoms in total. The van der Waals surface area contributed by atoms with Gasteiger partial charge < -0.3 is 20.4 Å². The predicted molar refractivity (Wildman–Crippen MR) is 96.3 cm³/mol. The lowest BCUT2D eigenvalue weighted by atomic mass is 9.70. The Morgan fingerprint density at radius 1 is 0.680 bits per heavy atom. The van der Waals surface area contributed by atoms with Crippen LogP contribution in [0, 0.1) is 6.92 Å². The van der Waals surface area contributed by atoms with Crippen molar-refractivity contribution >= 4 is 0 Å². The van der Waals surface area contributed by atoms with Crippen LogP contribution in [0.4, 0.5) is 0 Å². The number of hydrogen-bond acceptors (Lipinski definition) is 4. The Labute approximate surface area is 146 Å². The van der Waals surface area contributed by atoms with Gasteiger partial charge in [-0.05, 0) is 42.7 Å². The summed E-state index contributed by atoms with van der Waals surface area (Å²) in [5.41, 5.74) is 2.12. The fraction of sp³-hybridized carbons (Fsp3) is 0.143. The Balaban J connectivity index is 2.34. The number of rotatable bonds is 3. The summed E-state index contributed by atoms with van der Waals surface area (Å²) in [6.07, 6.45) is 0. The Bertz CT molecular complexity index is 919. The van der Waals surface area contributed by atoms with Crippen molar-refractivity contribution in [2.45, 2.75) is 19.3 Å². The van der Waals surface area contributed by atoms with E-state index in [1.807, 2.05) is 43.3 Å². The zero-order valence-corrected chi connectivity index (χ0v) is 14.1. The van der Waals surface area contributed by atoms with E-state index in [1.54, 1.807) is 25.1 Å². The largest absolute Gasteiger partial charge is 0.508 e. The molecule has 4 N–H and O–H groups in total. The summed E-state index contributed by atoms with van der Waals surface area (Å²) in [5, 5.41) is 40.0. The average molecular weight is 336 g/mol. The van der Waals surface area contributed by atoms with Crippen LogP contribution < -0.4 is 0 Å². The molecule has 0 spiro atoms. The summed E-state index contributed by atoms with van der Waals surface area (Å²) >= 11 is 0. The van der Waals surface area contributed by atoms with Crippen LogP contribution in [0.5, 0.6) is 23.0 Å². The Morgan fingerprint density at radius 2 is 1.32 bits per heavy atom. The van der Waals surface area contributed by atoms with E-state index in [0.29, 0.717) is 11.1 Å². The number of aryl methyl sites for hydroxylation is 1. The van der Waals surface area contributed by atoms with Crippen LogP contribution in [0.1, 0.15) is 29.2 Å². The summed E-state index contributed by atoms with van der Waals surface area (Å²) in [6.45, 7) is 3.73. The molecule has 1 unspecified atom stereocenters. The van der Waals surface area contributed by atoms with Crippen molar-refractivity contribution in [2.24, 2.45) is 0 Å². The van der Waals surface area contributed by atoms with Gasteiger partial charge in [-0.25, -0.2) is 0 Å². The van der Waals surface area contributed by atoms with Gasteiger partial charge in [-0.15, -0.1) is 0 Å². The standard InChI is InChI=1S/C21H20O4/c1-13-12-15(8-10-17(13)22)21(2,14-6-4-3-5-7-14)16-9-11-18(23)20(25)19(16)24/h3-12,22-25H,1-2H3. The van der Waals surface area contributed by atoms with E-state index in [9.17, 15) is 20.4 Å². The summed E-state index contributed by atoms with van der Waals surface area (Å²) in [5.74, 6) is -1.09. The molecule has 0 bridgehead atoms. The van der Waals surface area contributed by atoms with Gasteiger partial charge in [0.25, 0.3) is 0 Å². The van der Waals surface area contributed by atoms with E-state index in [1.165, 1.54) is 6.07 Å². The van der Waals surface area contributed by atoms with Crippen molar-refractivity contribution in [3.63, 3.8) is 0 Å². The van der Waals surface area contributed by atoms with Crippen molar-refractivity contribution in [3.8, 4) is 23.0 Å². The van der Waals surface area contributed by atoms with Gasteiger partial charge in [0, 0.05) is 11.0 Å². The topological polar surface area (TPSA) is 80.9 Å². The highest BCUT2D eigenvalue weighted by Crippen LogP contribution is 2.48. The lowest BCUT2D eigenvalue weighted by molar-refractivity contribution is 0.361. The van der Waals surface area contributed by atoms with Crippen LogP contribution in [0.25, 0.3) is 0 Å². The molecule has 0 saturated heterocycles. The van der Waals surface area contributed by atoms with Crippen LogP contribution in [-0.4, -0.2) is 20.4 Å². The van der Waals surface area contributed by atoms with E-state index < -0.39 is 11.2 Å². The monoisotopic (exact) mass is 336 g/mol. The third-order valence-corrected chi connectivity index (χ3v) is 4.79. The molecule has 128 valence electrons. The number of phenols is 4. The van der Waals surface area contributed by atoms with Gasteiger partial charge in [0.15, 0.2) is 11.5 Å². The quantitative estimate of drug-likeness (QED) is 0.427. The summed E-state index contributed by atoms with van der Waals surface area (Å²) in [7, 11) is 0. The van der Waals surface area contributed by atoms with Gasteiger partial charge in [0.2, 0.25) is 5.75 Å². The highest BCUT2D eigenvalue weighted by molar-refractivity contribution is 5.62. The van der Waals surface area contributed by atoms with Gasteiger partial charge in [0.1, 0.15) is 5.75 Å². The van der Waals surface area contributed by atoms with Gasteiger partial charge >= 0.3 is 0 Å². The Kier molecular flexibility index (Phi) is 4.05. The molecule has 0 aliphatic carbocycles. The van der Waals surface area contributed by atoms with Gasteiger partial charge in [-0.2, -0.15) is 0 Å². The molecule has 0 fully saturated rings. The smallest absolute Gasteiger partial charge is 0.200 e. The first-order valence-electron chi connectivity index (χ1n) is 7.95. The Morgan fingerprint density at radius 3 is 1.96 bits per heavy atom. The first-order chi connectivity index (χ1) is 11.9. The molecule has 0 aromatic heterocycles. The second kappa shape index (κ2) is 6.06. The van der Waals surface area contributed by atoms with Crippen molar-refractivity contribution in [1.29, 1.82) is 0 Å². The normalized spacial score (nSPS) is 13.4.